The molecular weight excluding hydrogens is 274 g/mol. The third-order valence-electron chi connectivity index (χ3n) is 2.61. The number of rotatable bonds is 4. The van der Waals surface area contributed by atoms with E-state index in [-0.39, 0.29) is 5.69 Å². The van der Waals surface area contributed by atoms with Crippen molar-refractivity contribution in [1.29, 1.82) is 0 Å². The van der Waals surface area contributed by atoms with Crippen LogP contribution in [0.25, 0.3) is 0 Å². The highest BCUT2D eigenvalue weighted by atomic mass is 79.9. The first-order chi connectivity index (χ1) is 7.58. The highest BCUT2D eigenvalue weighted by Gasteiger charge is 2.24. The molecule has 0 bridgehead atoms. The predicted octanol–water partition coefficient (Wildman–Crippen LogP) is 3.45. The number of ether oxygens (including phenoxy) is 1. The summed E-state index contributed by atoms with van der Waals surface area (Å²) in [4.78, 5) is 10.5. The summed E-state index contributed by atoms with van der Waals surface area (Å²) in [6.45, 7) is 2.40. The number of hydrogen-bond acceptors (Lipinski definition) is 3. The zero-order valence-electron chi connectivity index (χ0n) is 8.90. The van der Waals surface area contributed by atoms with Gasteiger partial charge in [0.2, 0.25) is 0 Å². The zero-order valence-corrected chi connectivity index (χ0v) is 10.5. The summed E-state index contributed by atoms with van der Waals surface area (Å²) in [5.74, 6) is 0.939. The summed E-state index contributed by atoms with van der Waals surface area (Å²) in [6.07, 6.45) is 2.33. The minimum absolute atomic E-state index is 0.0429. The maximum Gasteiger partial charge on any atom is 0.311 e. The van der Waals surface area contributed by atoms with Gasteiger partial charge in [-0.1, -0.05) is 15.9 Å². The molecule has 86 valence electrons. The van der Waals surface area contributed by atoms with E-state index in [1.165, 1.54) is 18.9 Å². The van der Waals surface area contributed by atoms with Gasteiger partial charge >= 0.3 is 5.69 Å². The smallest absolute Gasteiger partial charge is 0.311 e. The highest BCUT2D eigenvalue weighted by Crippen LogP contribution is 2.35. The molecule has 16 heavy (non-hydrogen) atoms. The minimum Gasteiger partial charge on any atom is -0.486 e. The van der Waals surface area contributed by atoms with E-state index in [1.807, 2.05) is 6.92 Å². The van der Waals surface area contributed by atoms with Gasteiger partial charge in [-0.05, 0) is 31.2 Å². The number of nitro benzene ring substituents is 1. The summed E-state index contributed by atoms with van der Waals surface area (Å²) in [6, 6.07) is 3.21. The zero-order chi connectivity index (χ0) is 11.7. The highest BCUT2D eigenvalue weighted by molar-refractivity contribution is 9.10. The van der Waals surface area contributed by atoms with Gasteiger partial charge in [-0.2, -0.15) is 0 Å². The average Bonchev–Trinajstić information content (AvgIpc) is 3.02. The molecule has 0 heterocycles. The van der Waals surface area contributed by atoms with Gasteiger partial charge in [0, 0.05) is 16.6 Å². The SMILES string of the molecule is Cc1cc([N+](=O)[O-])c(OCC2CC2)cc1Br. The second-order valence-electron chi connectivity index (χ2n) is 4.08. The Morgan fingerprint density at radius 1 is 1.56 bits per heavy atom. The van der Waals surface area contributed by atoms with Gasteiger partial charge < -0.3 is 4.74 Å². The Hall–Kier alpha value is -1.10. The third-order valence-corrected chi connectivity index (χ3v) is 3.46. The van der Waals surface area contributed by atoms with Crippen molar-refractivity contribution in [3.05, 3.63) is 32.3 Å². The Morgan fingerprint density at radius 2 is 2.25 bits per heavy atom. The monoisotopic (exact) mass is 285 g/mol. The van der Waals surface area contributed by atoms with E-state index >= 15 is 0 Å². The van der Waals surface area contributed by atoms with Crippen molar-refractivity contribution in [1.82, 2.24) is 0 Å². The molecule has 1 aromatic rings. The van der Waals surface area contributed by atoms with Crippen molar-refractivity contribution >= 4 is 21.6 Å². The van der Waals surface area contributed by atoms with Crippen molar-refractivity contribution in [3.63, 3.8) is 0 Å². The number of benzene rings is 1. The summed E-state index contributed by atoms with van der Waals surface area (Å²) in [5.41, 5.74) is 0.881. The average molecular weight is 286 g/mol. The molecule has 1 aliphatic rings. The molecule has 0 aromatic heterocycles. The first-order valence-corrected chi connectivity index (χ1v) is 5.94. The van der Waals surface area contributed by atoms with Gasteiger partial charge in [-0.15, -0.1) is 0 Å². The molecule has 0 saturated heterocycles. The van der Waals surface area contributed by atoms with Crippen LogP contribution in [0.1, 0.15) is 18.4 Å². The van der Waals surface area contributed by atoms with Crippen molar-refractivity contribution in [2.75, 3.05) is 6.61 Å². The molecule has 0 aliphatic heterocycles. The van der Waals surface area contributed by atoms with E-state index in [9.17, 15) is 10.1 Å². The van der Waals surface area contributed by atoms with Gasteiger partial charge in [0.25, 0.3) is 0 Å². The molecule has 0 N–H and O–H groups in total. The lowest BCUT2D eigenvalue weighted by Crippen LogP contribution is -2.02. The number of halogens is 1. The van der Waals surface area contributed by atoms with E-state index in [1.54, 1.807) is 6.07 Å². The van der Waals surface area contributed by atoms with Crippen LogP contribution in [0.15, 0.2) is 16.6 Å². The molecule has 1 aliphatic carbocycles. The van der Waals surface area contributed by atoms with Gasteiger partial charge in [0.1, 0.15) is 0 Å². The lowest BCUT2D eigenvalue weighted by atomic mass is 10.2. The normalized spacial score (nSPS) is 14.9. The Labute approximate surface area is 102 Å². The van der Waals surface area contributed by atoms with Crippen LogP contribution in [0.3, 0.4) is 0 Å². The van der Waals surface area contributed by atoms with E-state index < -0.39 is 4.92 Å². The fourth-order valence-corrected chi connectivity index (χ4v) is 1.72. The summed E-state index contributed by atoms with van der Waals surface area (Å²) in [7, 11) is 0. The van der Waals surface area contributed by atoms with E-state index in [4.69, 9.17) is 4.74 Å². The Balaban J connectivity index is 2.24. The quantitative estimate of drug-likeness (QED) is 0.629. The maximum absolute atomic E-state index is 10.9. The van der Waals surface area contributed by atoms with Crippen molar-refractivity contribution < 1.29 is 9.66 Å². The first-order valence-electron chi connectivity index (χ1n) is 5.15. The fraction of sp³-hybridized carbons (Fsp3) is 0.455. The van der Waals surface area contributed by atoms with Gasteiger partial charge in [0.05, 0.1) is 11.5 Å². The molecule has 4 nitrogen and oxygen atoms in total. The summed E-state index contributed by atoms with van der Waals surface area (Å²) < 4.78 is 6.32. The molecule has 2 rings (SSSR count). The van der Waals surface area contributed by atoms with Crippen molar-refractivity contribution in [3.8, 4) is 5.75 Å². The largest absolute Gasteiger partial charge is 0.486 e. The number of aryl methyl sites for hydroxylation is 1. The second-order valence-corrected chi connectivity index (χ2v) is 4.93. The number of hydrogen-bond donors (Lipinski definition) is 0. The van der Waals surface area contributed by atoms with E-state index in [2.05, 4.69) is 15.9 Å². The summed E-state index contributed by atoms with van der Waals surface area (Å²) >= 11 is 3.35. The maximum atomic E-state index is 10.9. The first kappa shape index (κ1) is 11.4. The van der Waals surface area contributed by atoms with Gasteiger partial charge in [-0.25, -0.2) is 0 Å². The molecule has 1 saturated carbocycles. The van der Waals surface area contributed by atoms with Gasteiger partial charge in [0.15, 0.2) is 5.75 Å². The van der Waals surface area contributed by atoms with Crippen molar-refractivity contribution in [2.45, 2.75) is 19.8 Å². The molecule has 5 heteroatoms. The molecule has 0 atom stereocenters. The molecular formula is C11H12BrNO3. The lowest BCUT2D eigenvalue weighted by Gasteiger charge is -2.07. The fourth-order valence-electron chi connectivity index (χ4n) is 1.40. The Morgan fingerprint density at radius 3 is 2.81 bits per heavy atom. The van der Waals surface area contributed by atoms with Crippen LogP contribution in [0, 0.1) is 23.0 Å². The second kappa shape index (κ2) is 4.41. The van der Waals surface area contributed by atoms with Crippen LogP contribution in [-0.4, -0.2) is 11.5 Å². The van der Waals surface area contributed by atoms with E-state index in [0.717, 1.165) is 10.0 Å². The standard InChI is InChI=1S/C11H12BrNO3/c1-7-4-10(13(14)15)11(5-9(7)12)16-6-8-2-3-8/h4-5,8H,2-3,6H2,1H3. The molecule has 0 radical (unpaired) electrons. The van der Waals surface area contributed by atoms with Gasteiger partial charge in [-0.3, -0.25) is 10.1 Å². The van der Waals surface area contributed by atoms with Crippen LogP contribution in [0.4, 0.5) is 5.69 Å². The molecule has 0 unspecified atom stereocenters. The molecule has 1 aromatic carbocycles. The lowest BCUT2D eigenvalue weighted by molar-refractivity contribution is -0.385. The Bertz CT molecular complexity index is 429. The number of nitrogens with zero attached hydrogens (tertiary/aromatic N) is 1. The Kier molecular flexibility index (Phi) is 3.14. The molecule has 0 amide bonds. The van der Waals surface area contributed by atoms with Crippen LogP contribution >= 0.6 is 15.9 Å². The minimum atomic E-state index is -0.401. The third kappa shape index (κ3) is 2.52. The topological polar surface area (TPSA) is 52.4 Å². The molecule has 1 fully saturated rings. The number of nitro groups is 1. The van der Waals surface area contributed by atoms with Crippen LogP contribution < -0.4 is 4.74 Å². The van der Waals surface area contributed by atoms with Crippen LogP contribution in [0.2, 0.25) is 0 Å². The van der Waals surface area contributed by atoms with Crippen LogP contribution in [0.5, 0.6) is 5.75 Å². The summed E-state index contributed by atoms with van der Waals surface area (Å²) in [5, 5.41) is 10.9. The predicted molar refractivity (Wildman–Crippen MR) is 63.8 cm³/mol. The molecule has 0 spiro atoms. The van der Waals surface area contributed by atoms with Crippen molar-refractivity contribution in [2.24, 2.45) is 5.92 Å². The van der Waals surface area contributed by atoms with Crippen LogP contribution in [-0.2, 0) is 0 Å². The van der Waals surface area contributed by atoms with E-state index in [0.29, 0.717) is 18.3 Å².